The summed E-state index contributed by atoms with van der Waals surface area (Å²) in [5.41, 5.74) is 1.96. The molecule has 0 atom stereocenters. The molecular weight excluding hydrogens is 240 g/mol. The van der Waals surface area contributed by atoms with E-state index in [-0.39, 0.29) is 0 Å². The molecular formula is C12H17ClN2S. The molecule has 1 aromatic rings. The molecule has 88 valence electrons. The van der Waals surface area contributed by atoms with E-state index >= 15 is 0 Å². The highest BCUT2D eigenvalue weighted by Crippen LogP contribution is 2.22. The third kappa shape index (κ3) is 3.99. The summed E-state index contributed by atoms with van der Waals surface area (Å²) in [6, 6.07) is 5.74. The molecule has 0 heterocycles. The number of anilines is 1. The molecule has 0 radical (unpaired) electrons. The molecule has 0 aliphatic heterocycles. The standard InChI is InChI=1S/C12H17ClN2S/c1-8(2)7-14-12(16)15-11-6-4-5-10(13)9(11)3/h4-6,8H,7H2,1-3H3,(H2,14,15,16). The highest BCUT2D eigenvalue weighted by atomic mass is 35.5. The van der Waals surface area contributed by atoms with Crippen molar-refractivity contribution in [2.75, 3.05) is 11.9 Å². The number of nitrogens with one attached hydrogen (secondary N) is 2. The van der Waals surface area contributed by atoms with Crippen molar-refractivity contribution in [1.29, 1.82) is 0 Å². The second-order valence-electron chi connectivity index (χ2n) is 4.14. The van der Waals surface area contributed by atoms with Crippen LogP contribution in [0.4, 0.5) is 5.69 Å². The molecule has 2 nitrogen and oxygen atoms in total. The fourth-order valence-electron chi connectivity index (χ4n) is 1.21. The Morgan fingerprint density at radius 1 is 1.44 bits per heavy atom. The van der Waals surface area contributed by atoms with Crippen molar-refractivity contribution >= 4 is 34.6 Å². The fourth-order valence-corrected chi connectivity index (χ4v) is 1.57. The van der Waals surface area contributed by atoms with Crippen molar-refractivity contribution in [3.8, 4) is 0 Å². The number of thiocarbonyl (C=S) groups is 1. The molecule has 0 aromatic heterocycles. The third-order valence-corrected chi connectivity index (χ3v) is 2.84. The minimum atomic E-state index is 0.570. The van der Waals surface area contributed by atoms with Gasteiger partial charge in [0.05, 0.1) is 0 Å². The summed E-state index contributed by atoms with van der Waals surface area (Å²) >= 11 is 11.2. The lowest BCUT2D eigenvalue weighted by Crippen LogP contribution is -2.31. The van der Waals surface area contributed by atoms with Crippen molar-refractivity contribution in [2.45, 2.75) is 20.8 Å². The van der Waals surface area contributed by atoms with E-state index in [4.69, 9.17) is 23.8 Å². The Bertz CT molecular complexity index is 377. The smallest absolute Gasteiger partial charge is 0.170 e. The van der Waals surface area contributed by atoms with Crippen LogP contribution in [0.3, 0.4) is 0 Å². The SMILES string of the molecule is Cc1c(Cl)cccc1NC(=S)NCC(C)C. The van der Waals surface area contributed by atoms with Crippen LogP contribution in [0, 0.1) is 12.8 Å². The molecule has 0 spiro atoms. The average molecular weight is 257 g/mol. The number of benzene rings is 1. The Morgan fingerprint density at radius 3 is 2.75 bits per heavy atom. The predicted octanol–water partition coefficient (Wildman–Crippen LogP) is 3.59. The molecule has 0 bridgehead atoms. The van der Waals surface area contributed by atoms with Gasteiger partial charge in [0, 0.05) is 17.3 Å². The molecule has 4 heteroatoms. The highest BCUT2D eigenvalue weighted by molar-refractivity contribution is 7.80. The summed E-state index contributed by atoms with van der Waals surface area (Å²) in [7, 11) is 0. The first-order valence-corrected chi connectivity index (χ1v) is 6.09. The van der Waals surface area contributed by atoms with Gasteiger partial charge in [-0.3, -0.25) is 0 Å². The van der Waals surface area contributed by atoms with Crippen molar-refractivity contribution < 1.29 is 0 Å². The van der Waals surface area contributed by atoms with Crippen molar-refractivity contribution in [3.63, 3.8) is 0 Å². The zero-order chi connectivity index (χ0) is 12.1. The Morgan fingerprint density at radius 2 is 2.12 bits per heavy atom. The second-order valence-corrected chi connectivity index (χ2v) is 4.96. The van der Waals surface area contributed by atoms with Crippen LogP contribution in [0.5, 0.6) is 0 Å². The average Bonchev–Trinajstić information content (AvgIpc) is 2.22. The normalized spacial score (nSPS) is 10.3. The van der Waals surface area contributed by atoms with Crippen LogP contribution in [0.2, 0.25) is 5.02 Å². The van der Waals surface area contributed by atoms with Gasteiger partial charge in [0.15, 0.2) is 5.11 Å². The summed E-state index contributed by atoms with van der Waals surface area (Å²) in [4.78, 5) is 0. The van der Waals surface area contributed by atoms with Gasteiger partial charge >= 0.3 is 0 Å². The van der Waals surface area contributed by atoms with Gasteiger partial charge in [0.25, 0.3) is 0 Å². The molecule has 16 heavy (non-hydrogen) atoms. The van der Waals surface area contributed by atoms with E-state index < -0.39 is 0 Å². The summed E-state index contributed by atoms with van der Waals surface area (Å²) in [5, 5.41) is 7.68. The molecule has 0 aliphatic rings. The van der Waals surface area contributed by atoms with Crippen LogP contribution in [0.25, 0.3) is 0 Å². The molecule has 0 aliphatic carbocycles. The van der Waals surface area contributed by atoms with Crippen LogP contribution >= 0.6 is 23.8 Å². The first kappa shape index (κ1) is 13.3. The Kier molecular flexibility index (Phi) is 5.03. The lowest BCUT2D eigenvalue weighted by atomic mass is 10.2. The Labute approximate surface area is 107 Å². The van der Waals surface area contributed by atoms with E-state index in [2.05, 4.69) is 24.5 Å². The molecule has 1 aromatic carbocycles. The lowest BCUT2D eigenvalue weighted by Gasteiger charge is -2.14. The largest absolute Gasteiger partial charge is 0.362 e. The highest BCUT2D eigenvalue weighted by Gasteiger charge is 2.03. The van der Waals surface area contributed by atoms with Crippen LogP contribution < -0.4 is 10.6 Å². The number of hydrogen-bond acceptors (Lipinski definition) is 1. The molecule has 2 N–H and O–H groups in total. The van der Waals surface area contributed by atoms with E-state index in [1.807, 2.05) is 25.1 Å². The monoisotopic (exact) mass is 256 g/mol. The molecule has 0 saturated carbocycles. The predicted molar refractivity (Wildman–Crippen MR) is 75.3 cm³/mol. The van der Waals surface area contributed by atoms with E-state index in [1.54, 1.807) is 0 Å². The quantitative estimate of drug-likeness (QED) is 0.809. The van der Waals surface area contributed by atoms with Gasteiger partial charge < -0.3 is 10.6 Å². The number of halogens is 1. The van der Waals surface area contributed by atoms with Gasteiger partial charge in [-0.2, -0.15) is 0 Å². The number of rotatable bonds is 3. The van der Waals surface area contributed by atoms with Gasteiger partial charge in [-0.25, -0.2) is 0 Å². The van der Waals surface area contributed by atoms with Crippen LogP contribution in [-0.2, 0) is 0 Å². The van der Waals surface area contributed by atoms with Crippen molar-refractivity contribution in [2.24, 2.45) is 5.92 Å². The van der Waals surface area contributed by atoms with Crippen molar-refractivity contribution in [1.82, 2.24) is 5.32 Å². The minimum absolute atomic E-state index is 0.570. The lowest BCUT2D eigenvalue weighted by molar-refractivity contribution is 0.627. The Balaban J connectivity index is 2.59. The molecule has 0 saturated heterocycles. The van der Waals surface area contributed by atoms with Gasteiger partial charge in [-0.1, -0.05) is 31.5 Å². The molecule has 0 fully saturated rings. The number of hydrogen-bond donors (Lipinski definition) is 2. The summed E-state index contributed by atoms with van der Waals surface area (Å²) in [6.07, 6.45) is 0. The first-order chi connectivity index (χ1) is 7.50. The zero-order valence-corrected chi connectivity index (χ0v) is 11.4. The van der Waals surface area contributed by atoms with E-state index in [0.29, 0.717) is 11.0 Å². The fraction of sp³-hybridized carbons (Fsp3) is 0.417. The minimum Gasteiger partial charge on any atom is -0.362 e. The van der Waals surface area contributed by atoms with Gasteiger partial charge in [-0.15, -0.1) is 0 Å². The van der Waals surface area contributed by atoms with E-state index in [1.165, 1.54) is 0 Å². The maximum atomic E-state index is 6.02. The van der Waals surface area contributed by atoms with E-state index in [9.17, 15) is 0 Å². The summed E-state index contributed by atoms with van der Waals surface area (Å²) < 4.78 is 0. The van der Waals surface area contributed by atoms with Gasteiger partial charge in [-0.05, 0) is 42.8 Å². The van der Waals surface area contributed by atoms with Crippen molar-refractivity contribution in [3.05, 3.63) is 28.8 Å². The summed E-state index contributed by atoms with van der Waals surface area (Å²) in [6.45, 7) is 7.11. The maximum absolute atomic E-state index is 6.02. The third-order valence-electron chi connectivity index (χ3n) is 2.19. The topological polar surface area (TPSA) is 24.1 Å². The second kappa shape index (κ2) is 6.06. The van der Waals surface area contributed by atoms with Gasteiger partial charge in [0.2, 0.25) is 0 Å². The molecule has 1 rings (SSSR count). The molecule has 0 unspecified atom stereocenters. The van der Waals surface area contributed by atoms with Crippen LogP contribution in [-0.4, -0.2) is 11.7 Å². The van der Waals surface area contributed by atoms with Crippen LogP contribution in [0.1, 0.15) is 19.4 Å². The first-order valence-electron chi connectivity index (χ1n) is 5.30. The van der Waals surface area contributed by atoms with E-state index in [0.717, 1.165) is 22.8 Å². The summed E-state index contributed by atoms with van der Waals surface area (Å²) in [5.74, 6) is 0.570. The van der Waals surface area contributed by atoms with Gasteiger partial charge in [0.1, 0.15) is 0 Å². The molecule has 0 amide bonds. The van der Waals surface area contributed by atoms with Crippen LogP contribution in [0.15, 0.2) is 18.2 Å². The maximum Gasteiger partial charge on any atom is 0.170 e. The zero-order valence-electron chi connectivity index (χ0n) is 9.80. The Hall–Kier alpha value is -0.800.